The number of benzene rings is 1. The Morgan fingerprint density at radius 1 is 1.24 bits per heavy atom. The van der Waals surface area contributed by atoms with Crippen LogP contribution in [0.2, 0.25) is 5.02 Å². The fourth-order valence-electron chi connectivity index (χ4n) is 2.91. The summed E-state index contributed by atoms with van der Waals surface area (Å²) in [6, 6.07) is 5.13. The Morgan fingerprint density at radius 2 is 1.90 bits per heavy atom. The van der Waals surface area contributed by atoms with Gasteiger partial charge in [0.25, 0.3) is 0 Å². The molecule has 6 heteroatoms. The molecular formula is C15H22Cl3FN2. The molecule has 2 nitrogen and oxygen atoms in total. The van der Waals surface area contributed by atoms with Gasteiger partial charge in [0.2, 0.25) is 0 Å². The molecule has 1 saturated carbocycles. The fraction of sp³-hybridized carbons (Fsp3) is 0.600. The highest BCUT2D eigenvalue weighted by molar-refractivity contribution is 6.30. The predicted molar refractivity (Wildman–Crippen MR) is 90.4 cm³/mol. The average Bonchev–Trinajstić information content (AvgIpc) is 3.24. The van der Waals surface area contributed by atoms with Gasteiger partial charge in [0.15, 0.2) is 0 Å². The van der Waals surface area contributed by atoms with Gasteiger partial charge in [0.1, 0.15) is 5.82 Å². The SMILES string of the molecule is Cl.Cl.Fc1ccc(Cl)cc1[C@H](CC1CC1)N1CCNCC1. The number of hydrogen-bond acceptors (Lipinski definition) is 2. The smallest absolute Gasteiger partial charge is 0.128 e. The van der Waals surface area contributed by atoms with E-state index in [1.807, 2.05) is 6.07 Å². The summed E-state index contributed by atoms with van der Waals surface area (Å²) in [4.78, 5) is 2.41. The summed E-state index contributed by atoms with van der Waals surface area (Å²) in [6.45, 7) is 3.96. The molecule has 0 aromatic heterocycles. The lowest BCUT2D eigenvalue weighted by molar-refractivity contribution is 0.157. The van der Waals surface area contributed by atoms with Gasteiger partial charge in [-0.05, 0) is 30.5 Å². The Bertz CT molecular complexity index is 449. The lowest BCUT2D eigenvalue weighted by Gasteiger charge is -2.35. The van der Waals surface area contributed by atoms with Gasteiger partial charge in [-0.25, -0.2) is 4.39 Å². The highest BCUT2D eigenvalue weighted by Crippen LogP contribution is 2.41. The number of rotatable bonds is 4. The highest BCUT2D eigenvalue weighted by atomic mass is 35.5. The van der Waals surface area contributed by atoms with Gasteiger partial charge in [0.05, 0.1) is 0 Å². The maximum absolute atomic E-state index is 14.1. The van der Waals surface area contributed by atoms with E-state index in [-0.39, 0.29) is 36.7 Å². The van der Waals surface area contributed by atoms with Gasteiger partial charge in [0, 0.05) is 42.8 Å². The van der Waals surface area contributed by atoms with Crippen molar-refractivity contribution in [3.05, 3.63) is 34.6 Å². The highest BCUT2D eigenvalue weighted by Gasteiger charge is 2.31. The molecule has 1 N–H and O–H groups in total. The maximum atomic E-state index is 14.1. The van der Waals surface area contributed by atoms with Crippen LogP contribution < -0.4 is 5.32 Å². The average molecular weight is 356 g/mol. The summed E-state index contributed by atoms with van der Waals surface area (Å²) < 4.78 is 14.1. The molecule has 1 heterocycles. The third-order valence-electron chi connectivity index (χ3n) is 4.16. The number of hydrogen-bond donors (Lipinski definition) is 1. The second kappa shape index (κ2) is 8.54. The molecule has 0 radical (unpaired) electrons. The summed E-state index contributed by atoms with van der Waals surface area (Å²) in [6.07, 6.45) is 3.66. The Morgan fingerprint density at radius 3 is 2.52 bits per heavy atom. The molecule has 1 aliphatic heterocycles. The van der Waals surface area contributed by atoms with Crippen LogP contribution in [-0.4, -0.2) is 31.1 Å². The fourth-order valence-corrected chi connectivity index (χ4v) is 3.09. The molecule has 2 aliphatic rings. The molecule has 0 spiro atoms. The molecule has 1 atom stereocenters. The number of nitrogens with zero attached hydrogens (tertiary/aromatic N) is 1. The van der Waals surface area contributed by atoms with Crippen LogP contribution in [0.5, 0.6) is 0 Å². The lowest BCUT2D eigenvalue weighted by atomic mass is 9.98. The summed E-state index contributed by atoms with van der Waals surface area (Å²) in [5, 5.41) is 3.99. The molecule has 0 bridgehead atoms. The van der Waals surface area contributed by atoms with E-state index in [9.17, 15) is 4.39 Å². The Balaban J connectivity index is 0.00000110. The van der Waals surface area contributed by atoms with Gasteiger partial charge in [-0.3, -0.25) is 4.90 Å². The molecule has 0 unspecified atom stereocenters. The molecule has 0 amide bonds. The molecule has 3 rings (SSSR count). The van der Waals surface area contributed by atoms with Gasteiger partial charge >= 0.3 is 0 Å². The van der Waals surface area contributed by atoms with Crippen molar-refractivity contribution in [3.63, 3.8) is 0 Å². The Labute approximate surface area is 143 Å². The quantitative estimate of drug-likeness (QED) is 0.876. The third kappa shape index (κ3) is 4.97. The van der Waals surface area contributed by atoms with Crippen molar-refractivity contribution in [1.29, 1.82) is 0 Å². The first-order valence-corrected chi connectivity index (χ1v) is 7.51. The van der Waals surface area contributed by atoms with Gasteiger partial charge in [-0.1, -0.05) is 24.4 Å². The zero-order chi connectivity index (χ0) is 13.2. The van der Waals surface area contributed by atoms with E-state index < -0.39 is 0 Å². The van der Waals surface area contributed by atoms with Crippen molar-refractivity contribution >= 4 is 36.4 Å². The van der Waals surface area contributed by atoms with E-state index in [1.165, 1.54) is 18.9 Å². The number of piperazine rings is 1. The van der Waals surface area contributed by atoms with E-state index in [4.69, 9.17) is 11.6 Å². The van der Waals surface area contributed by atoms with Crippen molar-refractivity contribution in [1.82, 2.24) is 10.2 Å². The van der Waals surface area contributed by atoms with E-state index in [1.54, 1.807) is 6.07 Å². The normalized spacial score (nSPS) is 20.3. The van der Waals surface area contributed by atoms with Crippen molar-refractivity contribution in [3.8, 4) is 0 Å². The van der Waals surface area contributed by atoms with Crippen LogP contribution >= 0.6 is 36.4 Å². The second-order valence-corrected chi connectivity index (χ2v) is 6.08. The minimum Gasteiger partial charge on any atom is -0.314 e. The van der Waals surface area contributed by atoms with Crippen LogP contribution in [0.4, 0.5) is 4.39 Å². The van der Waals surface area contributed by atoms with Crippen LogP contribution in [0.25, 0.3) is 0 Å². The first-order valence-electron chi connectivity index (χ1n) is 7.14. The molecular weight excluding hydrogens is 334 g/mol. The van der Waals surface area contributed by atoms with Crippen LogP contribution in [0.1, 0.15) is 30.9 Å². The van der Waals surface area contributed by atoms with E-state index in [0.29, 0.717) is 5.02 Å². The Hall–Kier alpha value is -0.0600. The molecule has 1 aliphatic carbocycles. The summed E-state index contributed by atoms with van der Waals surface area (Å²) in [5.41, 5.74) is 0.779. The lowest BCUT2D eigenvalue weighted by Crippen LogP contribution is -2.45. The molecule has 120 valence electrons. The zero-order valence-corrected chi connectivity index (χ0v) is 14.2. The topological polar surface area (TPSA) is 15.3 Å². The number of nitrogens with one attached hydrogen (secondary N) is 1. The van der Waals surface area contributed by atoms with E-state index >= 15 is 0 Å². The second-order valence-electron chi connectivity index (χ2n) is 5.65. The standard InChI is InChI=1S/C15H20ClFN2.2ClH/c16-12-3-4-14(17)13(10-12)15(9-11-1-2-11)19-7-5-18-6-8-19;;/h3-4,10-11,15,18H,1-2,5-9H2;2*1H/t15-;;/m0../s1. The van der Waals surface area contributed by atoms with Gasteiger partial charge < -0.3 is 5.32 Å². The summed E-state index contributed by atoms with van der Waals surface area (Å²) in [7, 11) is 0. The molecule has 21 heavy (non-hydrogen) atoms. The van der Waals surface area contributed by atoms with Crippen LogP contribution in [-0.2, 0) is 0 Å². The minimum atomic E-state index is -0.117. The predicted octanol–water partition coefficient (Wildman–Crippen LogP) is 4.07. The maximum Gasteiger partial charge on any atom is 0.128 e. The Kier molecular flexibility index (Phi) is 7.72. The van der Waals surface area contributed by atoms with Crippen molar-refractivity contribution < 1.29 is 4.39 Å². The summed E-state index contributed by atoms with van der Waals surface area (Å²) >= 11 is 6.05. The van der Waals surface area contributed by atoms with Gasteiger partial charge in [-0.2, -0.15) is 0 Å². The van der Waals surface area contributed by atoms with Crippen molar-refractivity contribution in [2.75, 3.05) is 26.2 Å². The van der Waals surface area contributed by atoms with Crippen LogP contribution in [0.15, 0.2) is 18.2 Å². The summed E-state index contributed by atoms with van der Waals surface area (Å²) in [5.74, 6) is 0.659. The first kappa shape index (κ1) is 19.0. The minimum absolute atomic E-state index is 0. The monoisotopic (exact) mass is 354 g/mol. The first-order chi connectivity index (χ1) is 9.24. The molecule has 2 fully saturated rings. The van der Waals surface area contributed by atoms with Crippen LogP contribution in [0, 0.1) is 11.7 Å². The van der Waals surface area contributed by atoms with Crippen molar-refractivity contribution in [2.45, 2.75) is 25.3 Å². The molecule has 1 aromatic rings. The van der Waals surface area contributed by atoms with Crippen LogP contribution in [0.3, 0.4) is 0 Å². The number of halogens is 4. The van der Waals surface area contributed by atoms with E-state index in [2.05, 4.69) is 10.2 Å². The zero-order valence-electron chi connectivity index (χ0n) is 11.9. The van der Waals surface area contributed by atoms with Crippen molar-refractivity contribution in [2.24, 2.45) is 5.92 Å². The third-order valence-corrected chi connectivity index (χ3v) is 4.40. The van der Waals surface area contributed by atoms with Gasteiger partial charge in [-0.15, -0.1) is 24.8 Å². The molecule has 1 saturated heterocycles. The largest absolute Gasteiger partial charge is 0.314 e. The van der Waals surface area contributed by atoms with E-state index in [0.717, 1.165) is 44.1 Å². The molecule has 1 aromatic carbocycles.